The largest absolute Gasteiger partial charge is 0.466 e. The quantitative estimate of drug-likeness (QED) is 0.208. The fraction of sp³-hybridized carbons (Fsp3) is 0.167. The highest BCUT2D eigenvalue weighted by molar-refractivity contribution is 6.31. The van der Waals surface area contributed by atoms with Gasteiger partial charge in [0.2, 0.25) is 0 Å². The van der Waals surface area contributed by atoms with Gasteiger partial charge in [-0.3, -0.25) is 14.6 Å². The van der Waals surface area contributed by atoms with Crippen LogP contribution in [0, 0.1) is 0 Å². The minimum Gasteiger partial charge on any atom is -0.466 e. The number of hydrogen-bond donors (Lipinski definition) is 2. The first-order valence-electron chi connectivity index (χ1n) is 12.2. The van der Waals surface area contributed by atoms with Crippen LogP contribution in [0.25, 0.3) is 22.3 Å². The van der Waals surface area contributed by atoms with Crippen molar-refractivity contribution < 1.29 is 14.3 Å². The number of anilines is 1. The van der Waals surface area contributed by atoms with Crippen molar-refractivity contribution in [1.82, 2.24) is 10.3 Å². The lowest BCUT2D eigenvalue weighted by atomic mass is 10.0. The Labute approximate surface area is 232 Å². The molecule has 38 heavy (non-hydrogen) atoms. The second-order valence-corrected chi connectivity index (χ2v) is 9.36. The number of esters is 1. The van der Waals surface area contributed by atoms with E-state index in [0.29, 0.717) is 23.2 Å². The molecule has 0 unspecified atom stereocenters. The Morgan fingerprint density at radius 3 is 2.16 bits per heavy atom. The molecule has 0 saturated carbocycles. The lowest BCUT2D eigenvalue weighted by molar-refractivity contribution is -0.142. The van der Waals surface area contributed by atoms with Crippen molar-refractivity contribution in [2.75, 3.05) is 18.5 Å². The number of amides is 1. The molecule has 0 spiro atoms. The van der Waals surface area contributed by atoms with Crippen LogP contribution in [0.1, 0.15) is 29.4 Å². The topological polar surface area (TPSA) is 80.3 Å². The molecule has 1 heterocycles. The average Bonchev–Trinajstić information content (AvgIpc) is 2.93. The van der Waals surface area contributed by atoms with Crippen LogP contribution in [0.4, 0.5) is 5.69 Å². The standard InChI is InChI=1S/C30H27Cl2N3O3/c1-2-38-29(36)15-16-33-30(37)28-14-8-23(19-35-28)27-17-25(32)11-5-22(27)18-34-26-12-6-21(7-13-26)20-3-9-24(31)10-4-20/h3-14,17,19,34H,2,15-16,18H2,1H3,(H,33,37). The Balaban J connectivity index is 1.41. The summed E-state index contributed by atoms with van der Waals surface area (Å²) in [4.78, 5) is 28.1. The molecule has 0 aliphatic rings. The lowest BCUT2D eigenvalue weighted by Crippen LogP contribution is -2.27. The van der Waals surface area contributed by atoms with Crippen LogP contribution in [0.2, 0.25) is 10.0 Å². The summed E-state index contributed by atoms with van der Waals surface area (Å²) < 4.78 is 4.86. The monoisotopic (exact) mass is 547 g/mol. The van der Waals surface area contributed by atoms with Gasteiger partial charge >= 0.3 is 5.97 Å². The maximum Gasteiger partial charge on any atom is 0.307 e. The van der Waals surface area contributed by atoms with Crippen molar-refractivity contribution >= 4 is 40.8 Å². The minimum atomic E-state index is -0.351. The Hall–Kier alpha value is -3.87. The molecule has 0 saturated heterocycles. The molecule has 194 valence electrons. The van der Waals surface area contributed by atoms with E-state index in [1.807, 2.05) is 60.7 Å². The molecule has 0 bridgehead atoms. The molecule has 4 rings (SSSR count). The lowest BCUT2D eigenvalue weighted by Gasteiger charge is -2.13. The van der Waals surface area contributed by atoms with Crippen molar-refractivity contribution in [3.63, 3.8) is 0 Å². The third kappa shape index (κ3) is 7.34. The van der Waals surface area contributed by atoms with E-state index in [2.05, 4.69) is 27.8 Å². The van der Waals surface area contributed by atoms with Gasteiger partial charge in [0.15, 0.2) is 0 Å². The maximum atomic E-state index is 12.4. The number of carbonyl (C=O) groups is 2. The molecule has 2 N–H and O–H groups in total. The zero-order valence-electron chi connectivity index (χ0n) is 20.8. The number of benzene rings is 3. The second-order valence-electron chi connectivity index (χ2n) is 8.48. The molecule has 0 aliphatic carbocycles. The van der Waals surface area contributed by atoms with E-state index in [1.165, 1.54) is 0 Å². The van der Waals surface area contributed by atoms with Gasteiger partial charge in [-0.25, -0.2) is 0 Å². The minimum absolute atomic E-state index is 0.111. The summed E-state index contributed by atoms with van der Waals surface area (Å²) in [5.41, 5.74) is 6.25. The van der Waals surface area contributed by atoms with Crippen LogP contribution in [-0.2, 0) is 16.1 Å². The highest BCUT2D eigenvalue weighted by Gasteiger charge is 2.11. The fourth-order valence-corrected chi connectivity index (χ4v) is 4.18. The summed E-state index contributed by atoms with van der Waals surface area (Å²) in [6.07, 6.45) is 1.76. The van der Waals surface area contributed by atoms with Crippen LogP contribution in [-0.4, -0.2) is 30.0 Å². The van der Waals surface area contributed by atoms with Gasteiger partial charge in [-0.05, 0) is 71.6 Å². The number of aromatic nitrogens is 1. The zero-order valence-corrected chi connectivity index (χ0v) is 22.4. The molecule has 0 aliphatic heterocycles. The maximum absolute atomic E-state index is 12.4. The number of nitrogens with zero attached hydrogens (tertiary/aromatic N) is 1. The Bertz CT molecular complexity index is 1390. The third-order valence-corrected chi connectivity index (χ3v) is 6.33. The number of carbonyl (C=O) groups excluding carboxylic acids is 2. The van der Waals surface area contributed by atoms with Gasteiger partial charge in [0.25, 0.3) is 5.91 Å². The number of pyridine rings is 1. The van der Waals surface area contributed by atoms with Gasteiger partial charge in [-0.2, -0.15) is 0 Å². The highest BCUT2D eigenvalue weighted by atomic mass is 35.5. The second kappa shape index (κ2) is 13.1. The van der Waals surface area contributed by atoms with Crippen LogP contribution in [0.5, 0.6) is 0 Å². The molecule has 0 radical (unpaired) electrons. The Morgan fingerprint density at radius 1 is 0.842 bits per heavy atom. The van der Waals surface area contributed by atoms with E-state index in [9.17, 15) is 9.59 Å². The molecule has 8 heteroatoms. The van der Waals surface area contributed by atoms with Crippen LogP contribution < -0.4 is 10.6 Å². The van der Waals surface area contributed by atoms with Crippen molar-refractivity contribution in [3.05, 3.63) is 106 Å². The van der Waals surface area contributed by atoms with Gasteiger partial charge in [-0.15, -0.1) is 0 Å². The molecular formula is C30H27Cl2N3O3. The van der Waals surface area contributed by atoms with Crippen molar-refractivity contribution in [1.29, 1.82) is 0 Å². The Morgan fingerprint density at radius 2 is 1.50 bits per heavy atom. The van der Waals surface area contributed by atoms with E-state index in [1.54, 1.807) is 19.2 Å². The highest BCUT2D eigenvalue weighted by Crippen LogP contribution is 2.28. The van der Waals surface area contributed by atoms with Crippen LogP contribution in [0.3, 0.4) is 0 Å². The normalized spacial score (nSPS) is 10.6. The van der Waals surface area contributed by atoms with E-state index in [4.69, 9.17) is 27.9 Å². The number of nitrogens with one attached hydrogen (secondary N) is 2. The van der Waals surface area contributed by atoms with Gasteiger partial charge in [0, 0.05) is 40.6 Å². The van der Waals surface area contributed by atoms with Gasteiger partial charge < -0.3 is 15.4 Å². The summed E-state index contributed by atoms with van der Waals surface area (Å²) in [6.45, 7) is 2.81. The summed E-state index contributed by atoms with van der Waals surface area (Å²) in [5, 5.41) is 7.47. The van der Waals surface area contributed by atoms with Gasteiger partial charge in [0.05, 0.1) is 13.0 Å². The van der Waals surface area contributed by atoms with E-state index in [-0.39, 0.29) is 30.5 Å². The van der Waals surface area contributed by atoms with Crippen molar-refractivity contribution in [2.24, 2.45) is 0 Å². The van der Waals surface area contributed by atoms with Gasteiger partial charge in [-0.1, -0.05) is 59.6 Å². The first-order chi connectivity index (χ1) is 18.4. The molecule has 1 amide bonds. The molecule has 1 aromatic heterocycles. The smallest absolute Gasteiger partial charge is 0.307 e. The average molecular weight is 548 g/mol. The van der Waals surface area contributed by atoms with E-state index >= 15 is 0 Å². The molecule has 3 aromatic carbocycles. The number of halogens is 2. The molecular weight excluding hydrogens is 521 g/mol. The number of hydrogen-bond acceptors (Lipinski definition) is 5. The summed E-state index contributed by atoms with van der Waals surface area (Å²) in [5.74, 6) is -0.702. The first-order valence-corrected chi connectivity index (χ1v) is 13.0. The van der Waals surface area contributed by atoms with E-state index in [0.717, 1.165) is 33.5 Å². The Kier molecular flexibility index (Phi) is 9.35. The summed E-state index contributed by atoms with van der Waals surface area (Å²) in [6, 6.07) is 25.2. The molecule has 4 aromatic rings. The van der Waals surface area contributed by atoms with Crippen molar-refractivity contribution in [3.8, 4) is 22.3 Å². The van der Waals surface area contributed by atoms with E-state index < -0.39 is 0 Å². The molecule has 0 atom stereocenters. The molecule has 0 fully saturated rings. The summed E-state index contributed by atoms with van der Waals surface area (Å²) in [7, 11) is 0. The SMILES string of the molecule is CCOC(=O)CCNC(=O)c1ccc(-c2cc(Cl)ccc2CNc2ccc(-c3ccc(Cl)cc3)cc2)cn1. The van der Waals surface area contributed by atoms with Crippen LogP contribution in [0.15, 0.2) is 85.1 Å². The first kappa shape index (κ1) is 27.2. The number of ether oxygens (including phenoxy) is 1. The molecule has 6 nitrogen and oxygen atoms in total. The van der Waals surface area contributed by atoms with Crippen molar-refractivity contribution in [2.45, 2.75) is 19.9 Å². The fourth-order valence-electron chi connectivity index (χ4n) is 3.88. The zero-order chi connectivity index (χ0) is 26.9. The van der Waals surface area contributed by atoms with Crippen LogP contribution >= 0.6 is 23.2 Å². The third-order valence-electron chi connectivity index (χ3n) is 5.84. The predicted molar refractivity (Wildman–Crippen MR) is 152 cm³/mol. The number of rotatable bonds is 10. The predicted octanol–water partition coefficient (Wildman–Crippen LogP) is 7.02. The van der Waals surface area contributed by atoms with Gasteiger partial charge in [0.1, 0.15) is 5.69 Å². The summed E-state index contributed by atoms with van der Waals surface area (Å²) >= 11 is 12.3.